The van der Waals surface area contributed by atoms with Gasteiger partial charge in [0, 0.05) is 17.3 Å². The molecule has 0 heterocycles. The molecule has 3 rings (SSSR count). The third-order valence-electron chi connectivity index (χ3n) is 4.28. The van der Waals surface area contributed by atoms with Gasteiger partial charge in [0.1, 0.15) is 12.4 Å². The van der Waals surface area contributed by atoms with Crippen molar-refractivity contribution in [2.45, 2.75) is 27.0 Å². The molecule has 0 unspecified atom stereocenters. The van der Waals surface area contributed by atoms with Gasteiger partial charge >= 0.3 is 0 Å². The fraction of sp³-hybridized carbons (Fsp3) is 0.250. The van der Waals surface area contributed by atoms with Crippen molar-refractivity contribution in [3.05, 3.63) is 82.9 Å². The lowest BCUT2D eigenvalue weighted by Crippen LogP contribution is -2.03. The number of hydrogen-bond acceptors (Lipinski definition) is 4. The van der Waals surface area contributed by atoms with Crippen LogP contribution in [0.5, 0.6) is 17.2 Å². The minimum absolute atomic E-state index is 0.459. The summed E-state index contributed by atoms with van der Waals surface area (Å²) >= 11 is 5.94. The largest absolute Gasteiger partial charge is 0.494 e. The molecule has 0 aliphatic carbocycles. The molecule has 0 aliphatic heterocycles. The Morgan fingerprint density at radius 2 is 1.41 bits per heavy atom. The first-order chi connectivity index (χ1) is 14.2. The van der Waals surface area contributed by atoms with E-state index in [1.807, 2.05) is 80.6 Å². The van der Waals surface area contributed by atoms with Crippen molar-refractivity contribution in [3.8, 4) is 17.2 Å². The van der Waals surface area contributed by atoms with Gasteiger partial charge in [0.25, 0.3) is 0 Å². The summed E-state index contributed by atoms with van der Waals surface area (Å²) in [4.78, 5) is 0. The number of benzene rings is 3. The Balaban J connectivity index is 1.62. The molecule has 0 aliphatic rings. The molecule has 3 aromatic rings. The van der Waals surface area contributed by atoms with Crippen LogP contribution in [0.1, 0.15) is 25.0 Å². The van der Waals surface area contributed by atoms with Gasteiger partial charge in [-0.25, -0.2) is 0 Å². The fourth-order valence-corrected chi connectivity index (χ4v) is 2.96. The number of hydrogen-bond donors (Lipinski definition) is 1. The highest BCUT2D eigenvalue weighted by molar-refractivity contribution is 6.30. The minimum Gasteiger partial charge on any atom is -0.494 e. The SMILES string of the molecule is CCOc1ccc(NCc2ccc(OCc3ccc(Cl)cc3)c(OCC)c2)cc1. The molecule has 0 bridgehead atoms. The summed E-state index contributed by atoms with van der Waals surface area (Å²) in [5.41, 5.74) is 3.20. The highest BCUT2D eigenvalue weighted by Crippen LogP contribution is 2.30. The second-order valence-corrected chi connectivity index (χ2v) is 6.88. The van der Waals surface area contributed by atoms with E-state index in [2.05, 4.69) is 5.32 Å². The van der Waals surface area contributed by atoms with E-state index in [0.717, 1.165) is 34.1 Å². The molecule has 4 nitrogen and oxygen atoms in total. The topological polar surface area (TPSA) is 39.7 Å². The molecule has 5 heteroatoms. The van der Waals surface area contributed by atoms with Crippen molar-refractivity contribution < 1.29 is 14.2 Å². The maximum atomic E-state index is 5.97. The van der Waals surface area contributed by atoms with E-state index in [9.17, 15) is 0 Å². The third-order valence-corrected chi connectivity index (χ3v) is 4.53. The van der Waals surface area contributed by atoms with Crippen molar-refractivity contribution >= 4 is 17.3 Å². The van der Waals surface area contributed by atoms with Crippen molar-refractivity contribution in [2.75, 3.05) is 18.5 Å². The summed E-state index contributed by atoms with van der Waals surface area (Å²) in [5.74, 6) is 2.35. The van der Waals surface area contributed by atoms with Crippen LogP contribution in [0.4, 0.5) is 5.69 Å². The standard InChI is InChI=1S/C24H26ClNO3/c1-3-27-22-12-10-21(11-13-22)26-16-19-7-14-23(24(15-19)28-4-2)29-17-18-5-8-20(25)9-6-18/h5-15,26H,3-4,16-17H2,1-2H3. The Kier molecular flexibility index (Phi) is 7.65. The first-order valence-corrected chi connectivity index (χ1v) is 10.2. The van der Waals surface area contributed by atoms with E-state index in [4.69, 9.17) is 25.8 Å². The fourth-order valence-electron chi connectivity index (χ4n) is 2.83. The van der Waals surface area contributed by atoms with Crippen LogP contribution in [0.25, 0.3) is 0 Å². The summed E-state index contributed by atoms with van der Waals surface area (Å²) < 4.78 is 17.2. The van der Waals surface area contributed by atoms with Crippen LogP contribution in [0.2, 0.25) is 5.02 Å². The smallest absolute Gasteiger partial charge is 0.161 e. The molecular weight excluding hydrogens is 386 g/mol. The van der Waals surface area contributed by atoms with Gasteiger partial charge in [-0.2, -0.15) is 0 Å². The average molecular weight is 412 g/mol. The summed E-state index contributed by atoms with van der Waals surface area (Å²) in [5, 5.41) is 4.13. The van der Waals surface area contributed by atoms with Crippen LogP contribution in [0, 0.1) is 0 Å². The van der Waals surface area contributed by atoms with Crippen molar-refractivity contribution in [1.82, 2.24) is 0 Å². The lowest BCUT2D eigenvalue weighted by Gasteiger charge is -2.14. The molecule has 0 amide bonds. The molecular formula is C24H26ClNO3. The highest BCUT2D eigenvalue weighted by atomic mass is 35.5. The van der Waals surface area contributed by atoms with Gasteiger partial charge in [0.05, 0.1) is 13.2 Å². The molecule has 152 valence electrons. The Labute approximate surface area is 177 Å². The summed E-state index contributed by atoms with van der Waals surface area (Å²) in [6.07, 6.45) is 0. The number of halogens is 1. The first-order valence-electron chi connectivity index (χ1n) is 9.77. The van der Waals surface area contributed by atoms with Gasteiger partial charge in [0.2, 0.25) is 0 Å². The zero-order valence-corrected chi connectivity index (χ0v) is 17.5. The molecule has 0 radical (unpaired) electrons. The molecule has 1 N–H and O–H groups in total. The van der Waals surface area contributed by atoms with Gasteiger partial charge < -0.3 is 19.5 Å². The van der Waals surface area contributed by atoms with Gasteiger partial charge in [-0.3, -0.25) is 0 Å². The van der Waals surface area contributed by atoms with E-state index >= 15 is 0 Å². The van der Waals surface area contributed by atoms with Crippen molar-refractivity contribution in [3.63, 3.8) is 0 Å². The number of rotatable bonds is 10. The lowest BCUT2D eigenvalue weighted by atomic mass is 10.2. The molecule has 0 aromatic heterocycles. The van der Waals surface area contributed by atoms with Crippen LogP contribution in [-0.4, -0.2) is 13.2 Å². The maximum Gasteiger partial charge on any atom is 0.161 e. The predicted octanol–water partition coefficient (Wildman–Crippen LogP) is 6.33. The molecule has 0 saturated carbocycles. The lowest BCUT2D eigenvalue weighted by molar-refractivity contribution is 0.269. The molecule has 29 heavy (non-hydrogen) atoms. The second-order valence-electron chi connectivity index (χ2n) is 6.44. The average Bonchev–Trinajstić information content (AvgIpc) is 2.74. The Morgan fingerprint density at radius 3 is 2.10 bits per heavy atom. The molecule has 0 saturated heterocycles. The van der Waals surface area contributed by atoms with E-state index < -0.39 is 0 Å². The molecule has 3 aromatic carbocycles. The summed E-state index contributed by atoms with van der Waals surface area (Å²) in [6, 6.07) is 21.6. The van der Waals surface area contributed by atoms with Gasteiger partial charge in [-0.05, 0) is 73.5 Å². The maximum absolute atomic E-state index is 5.97. The molecule has 0 atom stereocenters. The minimum atomic E-state index is 0.459. The van der Waals surface area contributed by atoms with Crippen LogP contribution >= 0.6 is 11.6 Å². The van der Waals surface area contributed by atoms with E-state index in [0.29, 0.717) is 31.4 Å². The zero-order valence-electron chi connectivity index (χ0n) is 16.8. The zero-order chi connectivity index (χ0) is 20.5. The summed E-state index contributed by atoms with van der Waals surface area (Å²) in [6.45, 7) is 6.33. The van der Waals surface area contributed by atoms with Gasteiger partial charge in [-0.15, -0.1) is 0 Å². The third kappa shape index (κ3) is 6.33. The molecule has 0 spiro atoms. The van der Waals surface area contributed by atoms with Crippen LogP contribution in [0.15, 0.2) is 66.7 Å². The first kappa shape index (κ1) is 20.9. The van der Waals surface area contributed by atoms with E-state index in [1.165, 1.54) is 0 Å². The van der Waals surface area contributed by atoms with E-state index in [-0.39, 0.29) is 0 Å². The van der Waals surface area contributed by atoms with Crippen molar-refractivity contribution in [1.29, 1.82) is 0 Å². The molecule has 0 fully saturated rings. The second kappa shape index (κ2) is 10.6. The Bertz CT molecular complexity index is 895. The van der Waals surface area contributed by atoms with Gasteiger partial charge in [0.15, 0.2) is 11.5 Å². The normalized spacial score (nSPS) is 10.4. The van der Waals surface area contributed by atoms with Crippen molar-refractivity contribution in [2.24, 2.45) is 0 Å². The summed E-state index contributed by atoms with van der Waals surface area (Å²) in [7, 11) is 0. The monoisotopic (exact) mass is 411 g/mol. The number of nitrogens with one attached hydrogen (secondary N) is 1. The highest BCUT2D eigenvalue weighted by Gasteiger charge is 2.08. The van der Waals surface area contributed by atoms with Gasteiger partial charge in [-0.1, -0.05) is 29.8 Å². The Morgan fingerprint density at radius 1 is 0.724 bits per heavy atom. The Hall–Kier alpha value is -2.85. The quantitative estimate of drug-likeness (QED) is 0.423. The number of anilines is 1. The number of ether oxygens (including phenoxy) is 3. The van der Waals surface area contributed by atoms with Crippen LogP contribution in [0.3, 0.4) is 0 Å². The van der Waals surface area contributed by atoms with Crippen LogP contribution in [-0.2, 0) is 13.2 Å². The predicted molar refractivity (Wildman–Crippen MR) is 118 cm³/mol. The van der Waals surface area contributed by atoms with Crippen LogP contribution < -0.4 is 19.5 Å². The van der Waals surface area contributed by atoms with E-state index in [1.54, 1.807) is 0 Å².